The number of benzene rings is 3. The van der Waals surface area contributed by atoms with Crippen molar-refractivity contribution in [2.45, 2.75) is 12.5 Å². The number of imide groups is 1. The minimum Gasteiger partial charge on any atom is -0.494 e. The fraction of sp³-hybridized carbons (Fsp3) is 0.115. The van der Waals surface area contributed by atoms with E-state index in [1.165, 1.54) is 11.6 Å². The molecule has 4 amide bonds. The first kappa shape index (κ1) is 24.2. The Morgan fingerprint density at radius 2 is 1.53 bits per heavy atom. The lowest BCUT2D eigenvalue weighted by Crippen LogP contribution is -2.41. The van der Waals surface area contributed by atoms with Gasteiger partial charge in [-0.2, -0.15) is 0 Å². The standard InChI is InChI=1S/C26H25N3O5/c30-24(29-33)16-13-19-11-14-20(15-12-19)23(17-18-34-22-9-5-2-6-10-22)27-26(32)28-25(31)21-7-3-1-4-8-21/h1-16,23,33H,17-18H2,(H,29,30)(H2,27,28,31,32). The number of carbonyl (C=O) groups is 3. The Labute approximate surface area is 197 Å². The van der Waals surface area contributed by atoms with E-state index in [-0.39, 0.29) is 0 Å². The molecule has 0 fully saturated rings. The maximum Gasteiger partial charge on any atom is 0.322 e. The highest BCUT2D eigenvalue weighted by molar-refractivity contribution is 6.04. The Morgan fingerprint density at radius 3 is 2.18 bits per heavy atom. The number of para-hydroxylation sites is 1. The zero-order valence-corrected chi connectivity index (χ0v) is 18.3. The number of hydroxylamine groups is 1. The number of urea groups is 1. The van der Waals surface area contributed by atoms with Gasteiger partial charge in [-0.15, -0.1) is 0 Å². The lowest BCUT2D eigenvalue weighted by molar-refractivity contribution is -0.124. The van der Waals surface area contributed by atoms with Crippen molar-refractivity contribution in [3.05, 3.63) is 108 Å². The second kappa shape index (κ2) is 12.6. The summed E-state index contributed by atoms with van der Waals surface area (Å²) in [5.74, 6) is -0.422. The molecule has 0 saturated heterocycles. The van der Waals surface area contributed by atoms with Crippen LogP contribution >= 0.6 is 0 Å². The van der Waals surface area contributed by atoms with Gasteiger partial charge < -0.3 is 10.1 Å². The molecule has 0 saturated carbocycles. The van der Waals surface area contributed by atoms with Crippen molar-refractivity contribution in [3.63, 3.8) is 0 Å². The van der Waals surface area contributed by atoms with Gasteiger partial charge in [-0.1, -0.05) is 60.7 Å². The van der Waals surface area contributed by atoms with Gasteiger partial charge in [0.15, 0.2) is 0 Å². The second-order valence-corrected chi connectivity index (χ2v) is 7.27. The Balaban J connectivity index is 1.68. The summed E-state index contributed by atoms with van der Waals surface area (Å²) < 4.78 is 5.77. The summed E-state index contributed by atoms with van der Waals surface area (Å²) >= 11 is 0. The molecule has 34 heavy (non-hydrogen) atoms. The summed E-state index contributed by atoms with van der Waals surface area (Å²) in [4.78, 5) is 36.0. The van der Waals surface area contributed by atoms with E-state index in [9.17, 15) is 14.4 Å². The summed E-state index contributed by atoms with van der Waals surface area (Å²) in [7, 11) is 0. The second-order valence-electron chi connectivity index (χ2n) is 7.27. The number of carbonyl (C=O) groups excluding carboxylic acids is 3. The molecule has 0 aromatic heterocycles. The first-order valence-corrected chi connectivity index (χ1v) is 10.6. The largest absolute Gasteiger partial charge is 0.494 e. The molecule has 8 heteroatoms. The van der Waals surface area contributed by atoms with Crippen molar-refractivity contribution in [3.8, 4) is 5.75 Å². The lowest BCUT2D eigenvalue weighted by atomic mass is 10.0. The molecule has 8 nitrogen and oxygen atoms in total. The van der Waals surface area contributed by atoms with Crippen LogP contribution in [0, 0.1) is 0 Å². The number of amides is 4. The van der Waals surface area contributed by atoms with Crippen molar-refractivity contribution >= 4 is 23.9 Å². The minimum absolute atomic E-state index is 0.333. The third kappa shape index (κ3) is 7.61. The van der Waals surface area contributed by atoms with Crippen LogP contribution < -0.4 is 20.9 Å². The van der Waals surface area contributed by atoms with Gasteiger partial charge >= 0.3 is 6.03 Å². The molecule has 174 valence electrons. The third-order valence-electron chi connectivity index (χ3n) is 4.86. The summed E-state index contributed by atoms with van der Waals surface area (Å²) in [6.07, 6.45) is 3.19. The predicted octanol–water partition coefficient (Wildman–Crippen LogP) is 3.86. The number of rotatable bonds is 9. The quantitative estimate of drug-likeness (QED) is 0.220. The van der Waals surface area contributed by atoms with Crippen LogP contribution in [0.3, 0.4) is 0 Å². The highest BCUT2D eigenvalue weighted by Crippen LogP contribution is 2.19. The molecule has 3 rings (SSSR count). The van der Waals surface area contributed by atoms with Crippen LogP contribution in [0.1, 0.15) is 33.9 Å². The van der Waals surface area contributed by atoms with Gasteiger partial charge in [0.05, 0.1) is 12.6 Å². The number of hydrogen-bond donors (Lipinski definition) is 4. The summed E-state index contributed by atoms with van der Waals surface area (Å²) in [5.41, 5.74) is 3.43. The Bertz CT molecular complexity index is 1120. The zero-order valence-electron chi connectivity index (χ0n) is 18.3. The minimum atomic E-state index is -0.638. The molecule has 1 unspecified atom stereocenters. The van der Waals surface area contributed by atoms with Crippen LogP contribution in [0.5, 0.6) is 5.75 Å². The maximum atomic E-state index is 12.6. The molecule has 0 aliphatic carbocycles. The lowest BCUT2D eigenvalue weighted by Gasteiger charge is -2.20. The average Bonchev–Trinajstić information content (AvgIpc) is 2.88. The van der Waals surface area contributed by atoms with E-state index in [4.69, 9.17) is 9.94 Å². The number of nitrogens with one attached hydrogen (secondary N) is 3. The first-order valence-electron chi connectivity index (χ1n) is 10.6. The monoisotopic (exact) mass is 459 g/mol. The van der Waals surface area contributed by atoms with Gasteiger partial charge in [-0.25, -0.2) is 10.3 Å². The van der Waals surface area contributed by atoms with Crippen molar-refractivity contribution in [1.82, 2.24) is 16.1 Å². The Morgan fingerprint density at radius 1 is 0.882 bits per heavy atom. The molecule has 0 radical (unpaired) electrons. The van der Waals surface area contributed by atoms with E-state index in [0.29, 0.717) is 24.3 Å². The summed E-state index contributed by atoms with van der Waals surface area (Å²) in [6, 6.07) is 23.9. The van der Waals surface area contributed by atoms with Gasteiger partial charge in [0.1, 0.15) is 5.75 Å². The van der Waals surface area contributed by atoms with E-state index in [0.717, 1.165) is 11.1 Å². The van der Waals surface area contributed by atoms with Crippen LogP contribution in [-0.2, 0) is 4.79 Å². The molecule has 1 atom stereocenters. The van der Waals surface area contributed by atoms with Crippen LogP contribution in [-0.4, -0.2) is 29.7 Å². The predicted molar refractivity (Wildman–Crippen MR) is 127 cm³/mol. The van der Waals surface area contributed by atoms with E-state index in [1.54, 1.807) is 48.5 Å². The van der Waals surface area contributed by atoms with Gasteiger partial charge in [0.25, 0.3) is 11.8 Å². The zero-order chi connectivity index (χ0) is 24.2. The van der Waals surface area contributed by atoms with E-state index >= 15 is 0 Å². The van der Waals surface area contributed by atoms with Crippen molar-refractivity contribution < 1.29 is 24.3 Å². The molecular formula is C26H25N3O5. The smallest absolute Gasteiger partial charge is 0.322 e. The fourth-order valence-electron chi connectivity index (χ4n) is 3.14. The normalized spacial score (nSPS) is 11.4. The highest BCUT2D eigenvalue weighted by atomic mass is 16.5. The topological polar surface area (TPSA) is 117 Å². The number of hydrogen-bond acceptors (Lipinski definition) is 5. The molecule has 0 aliphatic heterocycles. The third-order valence-corrected chi connectivity index (χ3v) is 4.86. The van der Waals surface area contributed by atoms with E-state index < -0.39 is 23.9 Å². The molecule has 4 N–H and O–H groups in total. The molecule has 0 spiro atoms. The van der Waals surface area contributed by atoms with E-state index in [1.807, 2.05) is 42.5 Å². The van der Waals surface area contributed by atoms with Gasteiger partial charge in [0.2, 0.25) is 0 Å². The van der Waals surface area contributed by atoms with Crippen LogP contribution in [0.15, 0.2) is 91.0 Å². The SMILES string of the molecule is O=C(C=Cc1ccc(C(CCOc2ccccc2)NC(=O)NC(=O)c2ccccc2)cc1)NO. The van der Waals surface area contributed by atoms with Gasteiger partial charge in [-0.3, -0.25) is 20.1 Å². The Kier molecular flexibility index (Phi) is 8.95. The van der Waals surface area contributed by atoms with Crippen LogP contribution in [0.2, 0.25) is 0 Å². The van der Waals surface area contributed by atoms with Crippen molar-refractivity contribution in [2.24, 2.45) is 0 Å². The molecule has 0 bridgehead atoms. The molecular weight excluding hydrogens is 434 g/mol. The van der Waals surface area contributed by atoms with Gasteiger partial charge in [0, 0.05) is 18.1 Å². The molecule has 0 heterocycles. The summed E-state index contributed by atoms with van der Waals surface area (Å²) in [6.45, 7) is 0.333. The Hall–Kier alpha value is -4.43. The van der Waals surface area contributed by atoms with Crippen LogP contribution in [0.25, 0.3) is 6.08 Å². The molecule has 3 aromatic rings. The fourth-order valence-corrected chi connectivity index (χ4v) is 3.14. The highest BCUT2D eigenvalue weighted by Gasteiger charge is 2.17. The van der Waals surface area contributed by atoms with E-state index in [2.05, 4.69) is 10.6 Å². The maximum absolute atomic E-state index is 12.6. The average molecular weight is 460 g/mol. The van der Waals surface area contributed by atoms with Crippen molar-refractivity contribution in [1.29, 1.82) is 0 Å². The molecule has 3 aromatic carbocycles. The summed E-state index contributed by atoms with van der Waals surface area (Å²) in [5, 5.41) is 13.8. The first-order chi connectivity index (χ1) is 16.5. The number of ether oxygens (including phenoxy) is 1. The van der Waals surface area contributed by atoms with Crippen LogP contribution in [0.4, 0.5) is 4.79 Å². The van der Waals surface area contributed by atoms with Gasteiger partial charge in [-0.05, 0) is 41.5 Å². The van der Waals surface area contributed by atoms with Crippen molar-refractivity contribution in [2.75, 3.05) is 6.61 Å². The molecule has 0 aliphatic rings.